The summed E-state index contributed by atoms with van der Waals surface area (Å²) in [5.74, 6) is 0.291. The van der Waals surface area contributed by atoms with Crippen molar-refractivity contribution in [3.8, 4) is 0 Å². The van der Waals surface area contributed by atoms with Gasteiger partial charge in [-0.05, 0) is 0 Å². The van der Waals surface area contributed by atoms with Gasteiger partial charge in [-0.1, -0.05) is 6.92 Å². The predicted molar refractivity (Wildman–Crippen MR) is 36.5 cm³/mol. The van der Waals surface area contributed by atoms with Crippen molar-refractivity contribution in [1.82, 2.24) is 5.32 Å². The molecule has 1 aliphatic rings. The Morgan fingerprint density at radius 1 is 1.80 bits per heavy atom. The maximum absolute atomic E-state index is 10.8. The summed E-state index contributed by atoms with van der Waals surface area (Å²) < 4.78 is 0. The second kappa shape index (κ2) is 2.82. The molecule has 56 valence electrons. The van der Waals surface area contributed by atoms with Crippen LogP contribution in [0.4, 0.5) is 0 Å². The van der Waals surface area contributed by atoms with Crippen molar-refractivity contribution in [1.29, 1.82) is 0 Å². The number of carbonyl (C=O) groups excluding carboxylic acids is 2. The van der Waals surface area contributed by atoms with Gasteiger partial charge in [0, 0.05) is 25.3 Å². The topological polar surface area (TPSA) is 46.2 Å². The molecule has 1 heterocycles. The molecule has 3 heteroatoms. The summed E-state index contributed by atoms with van der Waals surface area (Å²) >= 11 is 0. The van der Waals surface area contributed by atoms with E-state index in [9.17, 15) is 9.59 Å². The molecule has 0 aromatic heterocycles. The van der Waals surface area contributed by atoms with Crippen molar-refractivity contribution in [2.45, 2.75) is 32.2 Å². The molecule has 1 atom stereocenters. The Kier molecular flexibility index (Phi) is 2.04. The molecular weight excluding hydrogens is 130 g/mol. The maximum Gasteiger partial charge on any atom is 0.222 e. The molecule has 0 spiro atoms. The largest absolute Gasteiger partial charge is 0.352 e. The van der Waals surface area contributed by atoms with Crippen LogP contribution in [0.25, 0.3) is 0 Å². The molecule has 0 aromatic carbocycles. The van der Waals surface area contributed by atoms with Gasteiger partial charge in [0.15, 0.2) is 0 Å². The first-order valence-corrected chi connectivity index (χ1v) is 3.53. The second-order valence-electron chi connectivity index (χ2n) is 2.56. The van der Waals surface area contributed by atoms with Crippen LogP contribution in [-0.4, -0.2) is 17.7 Å². The average Bonchev–Trinajstić information content (AvgIpc) is 1.84. The Morgan fingerprint density at radius 3 is 2.80 bits per heavy atom. The highest BCUT2D eigenvalue weighted by Gasteiger charge is 2.26. The Labute approximate surface area is 59.8 Å². The van der Waals surface area contributed by atoms with E-state index in [0.29, 0.717) is 19.3 Å². The smallest absolute Gasteiger partial charge is 0.222 e. The summed E-state index contributed by atoms with van der Waals surface area (Å²) in [5.41, 5.74) is 0. The first-order chi connectivity index (χ1) is 4.72. The van der Waals surface area contributed by atoms with E-state index in [1.165, 1.54) is 0 Å². The quantitative estimate of drug-likeness (QED) is 0.572. The fraction of sp³-hybridized carbons (Fsp3) is 0.714. The molecule has 1 saturated heterocycles. The average molecular weight is 141 g/mol. The molecule has 10 heavy (non-hydrogen) atoms. The third kappa shape index (κ3) is 1.56. The lowest BCUT2D eigenvalue weighted by Gasteiger charge is -2.25. The number of amides is 1. The van der Waals surface area contributed by atoms with Gasteiger partial charge in [0.25, 0.3) is 0 Å². The molecule has 1 aliphatic heterocycles. The van der Waals surface area contributed by atoms with Gasteiger partial charge in [0.05, 0.1) is 0 Å². The van der Waals surface area contributed by atoms with Gasteiger partial charge in [0.1, 0.15) is 5.78 Å². The number of nitrogens with one attached hydrogen (secondary N) is 1. The summed E-state index contributed by atoms with van der Waals surface area (Å²) in [5, 5.41) is 2.65. The van der Waals surface area contributed by atoms with Crippen molar-refractivity contribution < 1.29 is 9.59 Å². The summed E-state index contributed by atoms with van der Waals surface area (Å²) in [6.07, 6.45) is 1.63. The minimum absolute atomic E-state index is 0.0638. The van der Waals surface area contributed by atoms with E-state index in [1.807, 2.05) is 6.92 Å². The number of hydrogen-bond donors (Lipinski definition) is 1. The maximum atomic E-state index is 10.8. The summed E-state index contributed by atoms with van der Waals surface area (Å²) in [7, 11) is 0. The lowest BCUT2D eigenvalue weighted by atomic mass is 9.99. The summed E-state index contributed by atoms with van der Waals surface area (Å²) in [6, 6.07) is 0.139. The highest BCUT2D eigenvalue weighted by Crippen LogP contribution is 2.09. The minimum Gasteiger partial charge on any atom is -0.352 e. The van der Waals surface area contributed by atoms with Gasteiger partial charge in [0.2, 0.25) is 5.91 Å². The molecule has 0 saturated carbocycles. The van der Waals surface area contributed by atoms with Crippen LogP contribution >= 0.6 is 0 Å². The molecule has 1 unspecified atom stereocenters. The fourth-order valence-corrected chi connectivity index (χ4v) is 0.973. The van der Waals surface area contributed by atoms with E-state index in [-0.39, 0.29) is 17.7 Å². The van der Waals surface area contributed by atoms with E-state index in [0.717, 1.165) is 0 Å². The standard InChI is InChI=1S/C7H11NO2/c1-2-6(9)3-5-4-7(10)8-5/h5H,2-4H2,1H3,(H,8,10). The molecule has 0 bridgehead atoms. The minimum atomic E-state index is 0.0638. The van der Waals surface area contributed by atoms with Crippen LogP contribution in [0.1, 0.15) is 26.2 Å². The number of Topliss-reactive ketones (excluding diaryl/α,β-unsaturated/α-hetero) is 1. The van der Waals surface area contributed by atoms with Crippen molar-refractivity contribution in [3.63, 3.8) is 0 Å². The number of β-lactam (4-membered cyclic amide) rings is 1. The second-order valence-corrected chi connectivity index (χ2v) is 2.56. The molecule has 0 aromatic rings. The zero-order valence-electron chi connectivity index (χ0n) is 6.02. The van der Waals surface area contributed by atoms with Crippen LogP contribution in [0.5, 0.6) is 0 Å². The first kappa shape index (κ1) is 7.25. The third-order valence-corrected chi connectivity index (χ3v) is 1.67. The third-order valence-electron chi connectivity index (χ3n) is 1.67. The van der Waals surface area contributed by atoms with Crippen molar-refractivity contribution in [2.75, 3.05) is 0 Å². The number of rotatable bonds is 3. The van der Waals surface area contributed by atoms with Crippen molar-refractivity contribution in [2.24, 2.45) is 0 Å². The zero-order chi connectivity index (χ0) is 7.56. The Morgan fingerprint density at radius 2 is 2.40 bits per heavy atom. The Hall–Kier alpha value is -0.860. The number of ketones is 1. The van der Waals surface area contributed by atoms with E-state index in [1.54, 1.807) is 0 Å². The lowest BCUT2D eigenvalue weighted by molar-refractivity contribution is -0.129. The first-order valence-electron chi connectivity index (χ1n) is 3.53. The lowest BCUT2D eigenvalue weighted by Crippen LogP contribution is -2.49. The van der Waals surface area contributed by atoms with E-state index in [4.69, 9.17) is 0 Å². The van der Waals surface area contributed by atoms with Crippen molar-refractivity contribution in [3.05, 3.63) is 0 Å². The van der Waals surface area contributed by atoms with Gasteiger partial charge in [-0.25, -0.2) is 0 Å². The molecule has 0 radical (unpaired) electrons. The summed E-state index contributed by atoms with van der Waals surface area (Å²) in [6.45, 7) is 1.84. The van der Waals surface area contributed by atoms with E-state index < -0.39 is 0 Å². The van der Waals surface area contributed by atoms with Gasteiger partial charge < -0.3 is 5.32 Å². The van der Waals surface area contributed by atoms with E-state index in [2.05, 4.69) is 5.32 Å². The molecule has 0 aliphatic carbocycles. The SMILES string of the molecule is CCC(=O)CC1CC(=O)N1. The van der Waals surface area contributed by atoms with E-state index >= 15 is 0 Å². The number of carbonyl (C=O) groups is 2. The predicted octanol–water partition coefficient (Wildman–Crippen LogP) is 0.244. The van der Waals surface area contributed by atoms with Crippen LogP contribution in [-0.2, 0) is 9.59 Å². The highest BCUT2D eigenvalue weighted by molar-refractivity contribution is 5.86. The zero-order valence-corrected chi connectivity index (χ0v) is 6.02. The molecule has 1 fully saturated rings. The van der Waals surface area contributed by atoms with Gasteiger partial charge in [-0.3, -0.25) is 9.59 Å². The normalized spacial score (nSPS) is 23.3. The number of hydrogen-bond acceptors (Lipinski definition) is 2. The van der Waals surface area contributed by atoms with Gasteiger partial charge in [-0.15, -0.1) is 0 Å². The van der Waals surface area contributed by atoms with Gasteiger partial charge >= 0.3 is 0 Å². The molecule has 3 nitrogen and oxygen atoms in total. The Bertz CT molecular complexity index is 157. The molecule has 1 rings (SSSR count). The monoisotopic (exact) mass is 141 g/mol. The molecule has 1 amide bonds. The fourth-order valence-electron chi connectivity index (χ4n) is 0.973. The van der Waals surface area contributed by atoms with Crippen LogP contribution in [0, 0.1) is 0 Å². The highest BCUT2D eigenvalue weighted by atomic mass is 16.2. The van der Waals surface area contributed by atoms with Crippen LogP contribution in [0.15, 0.2) is 0 Å². The van der Waals surface area contributed by atoms with Crippen LogP contribution in [0.2, 0.25) is 0 Å². The molecule has 1 N–H and O–H groups in total. The summed E-state index contributed by atoms with van der Waals surface area (Å²) in [4.78, 5) is 21.1. The van der Waals surface area contributed by atoms with Crippen LogP contribution < -0.4 is 5.32 Å². The van der Waals surface area contributed by atoms with Crippen LogP contribution in [0.3, 0.4) is 0 Å². The van der Waals surface area contributed by atoms with Crippen molar-refractivity contribution >= 4 is 11.7 Å². The van der Waals surface area contributed by atoms with Gasteiger partial charge in [-0.2, -0.15) is 0 Å². The molecular formula is C7H11NO2. The Balaban J connectivity index is 2.16.